The number of rotatable bonds is 26. The first kappa shape index (κ1) is 32.7. The summed E-state index contributed by atoms with van der Waals surface area (Å²) in [4.78, 5) is 0. The topological polar surface area (TPSA) is 64.6 Å². The Kier molecular flexibility index (Phi) is 22.0. The molecule has 0 spiro atoms. The van der Waals surface area contributed by atoms with Crippen LogP contribution in [0.5, 0.6) is 0 Å². The number of unbranched alkanes of at least 4 members (excludes halogenated alkanes) is 6. The normalized spacial score (nSPS) is 12.5. The molecule has 0 N–H and O–H groups in total. The Balaban J connectivity index is 5.91. The van der Waals surface area contributed by atoms with Gasteiger partial charge in [0.15, 0.2) is 0 Å². The fourth-order valence-electron chi connectivity index (χ4n) is 2.63. The van der Waals surface area contributed by atoms with Crippen molar-refractivity contribution >= 4 is 0 Å². The van der Waals surface area contributed by atoms with Crippen molar-refractivity contribution in [1.29, 1.82) is 0 Å². The zero-order valence-corrected chi connectivity index (χ0v) is 22.6. The molecule has 0 atom stereocenters. The second-order valence-electron chi connectivity index (χ2n) is 8.31. The van der Waals surface area contributed by atoms with Gasteiger partial charge in [-0.2, -0.15) is 0 Å². The molecule has 0 aromatic heterocycles. The van der Waals surface area contributed by atoms with Crippen molar-refractivity contribution in [2.75, 3.05) is 39.6 Å². The highest BCUT2D eigenvalue weighted by molar-refractivity contribution is 4.54. The van der Waals surface area contributed by atoms with Crippen LogP contribution < -0.4 is 0 Å². The lowest BCUT2D eigenvalue weighted by atomic mass is 10.3. The fourth-order valence-corrected chi connectivity index (χ4v) is 2.63. The van der Waals surface area contributed by atoms with E-state index < -0.39 is 12.3 Å². The molecular formula is C26H54O7. The molecule has 0 aliphatic carbocycles. The summed E-state index contributed by atoms with van der Waals surface area (Å²) in [7, 11) is 0. The van der Waals surface area contributed by atoms with E-state index in [0.717, 1.165) is 77.0 Å². The van der Waals surface area contributed by atoms with E-state index in [4.69, 9.17) is 33.2 Å². The summed E-state index contributed by atoms with van der Waals surface area (Å²) in [6, 6.07) is 0. The highest BCUT2D eigenvalue weighted by Gasteiger charge is 2.49. The Labute approximate surface area is 204 Å². The molecule has 0 heterocycles. The van der Waals surface area contributed by atoms with Crippen LogP contribution in [-0.4, -0.2) is 52.0 Å². The predicted octanol–water partition coefficient (Wildman–Crippen LogP) is 7.13. The van der Waals surface area contributed by atoms with Crippen LogP contribution in [0, 0.1) is 0 Å². The van der Waals surface area contributed by atoms with E-state index in [0.29, 0.717) is 39.6 Å². The maximum absolute atomic E-state index is 6.37. The minimum atomic E-state index is -1.75. The van der Waals surface area contributed by atoms with Gasteiger partial charge in [0, 0.05) is 0 Å². The predicted molar refractivity (Wildman–Crippen MR) is 132 cm³/mol. The lowest BCUT2D eigenvalue weighted by Crippen LogP contribution is -2.55. The van der Waals surface area contributed by atoms with Crippen molar-refractivity contribution in [2.24, 2.45) is 0 Å². The summed E-state index contributed by atoms with van der Waals surface area (Å²) >= 11 is 0. The van der Waals surface area contributed by atoms with Gasteiger partial charge in [-0.1, -0.05) is 80.1 Å². The van der Waals surface area contributed by atoms with E-state index >= 15 is 0 Å². The third-order valence-corrected chi connectivity index (χ3v) is 4.91. The molecule has 33 heavy (non-hydrogen) atoms. The van der Waals surface area contributed by atoms with Gasteiger partial charge in [0.2, 0.25) is 0 Å². The Morgan fingerprint density at radius 1 is 0.333 bits per heavy atom. The zero-order chi connectivity index (χ0) is 24.7. The first-order valence-electron chi connectivity index (χ1n) is 13.6. The molecule has 0 aromatic rings. The summed E-state index contributed by atoms with van der Waals surface area (Å²) in [5.74, 6) is 0. The SMILES string of the molecule is CCCCOC(OCCCC)(OCCCC)OC(OCCCC)(OCCCC)OCCCC. The first-order chi connectivity index (χ1) is 16.1. The first-order valence-corrected chi connectivity index (χ1v) is 13.6. The van der Waals surface area contributed by atoms with Crippen molar-refractivity contribution in [3.05, 3.63) is 0 Å². The molecule has 0 aliphatic rings. The van der Waals surface area contributed by atoms with Gasteiger partial charge in [0.1, 0.15) is 0 Å². The average molecular weight is 479 g/mol. The van der Waals surface area contributed by atoms with Crippen molar-refractivity contribution in [2.45, 2.75) is 131 Å². The molecule has 0 bridgehead atoms. The fraction of sp³-hybridized carbons (Fsp3) is 1.00. The lowest BCUT2D eigenvalue weighted by Gasteiger charge is -2.40. The van der Waals surface area contributed by atoms with Crippen LogP contribution in [0.2, 0.25) is 0 Å². The molecule has 0 aromatic carbocycles. The monoisotopic (exact) mass is 478 g/mol. The standard InChI is InChI=1S/C26H54O7/c1-7-13-19-27-25(28-20-14-8-2,29-21-15-9-3)33-26(30-22-16-10-4,31-23-17-11-5)32-24-18-12-6/h7-24H2,1-6H3. The van der Waals surface area contributed by atoms with E-state index in [1.165, 1.54) is 0 Å². The molecule has 0 fully saturated rings. The van der Waals surface area contributed by atoms with Gasteiger partial charge in [0.25, 0.3) is 0 Å². The van der Waals surface area contributed by atoms with Crippen molar-refractivity contribution in [3.8, 4) is 0 Å². The lowest BCUT2D eigenvalue weighted by molar-refractivity contribution is -0.620. The summed E-state index contributed by atoms with van der Waals surface area (Å²) in [6.45, 7) is 15.3. The highest BCUT2D eigenvalue weighted by Crippen LogP contribution is 2.31. The van der Waals surface area contributed by atoms with E-state index in [-0.39, 0.29) is 0 Å². The Morgan fingerprint density at radius 2 is 0.515 bits per heavy atom. The van der Waals surface area contributed by atoms with Crippen molar-refractivity contribution < 1.29 is 33.2 Å². The Hall–Kier alpha value is -0.280. The number of hydrogen-bond acceptors (Lipinski definition) is 7. The third kappa shape index (κ3) is 16.1. The quantitative estimate of drug-likeness (QED) is 0.0968. The minimum absolute atomic E-state index is 0.434. The van der Waals surface area contributed by atoms with Crippen LogP contribution in [-0.2, 0) is 33.2 Å². The van der Waals surface area contributed by atoms with Crippen molar-refractivity contribution in [3.63, 3.8) is 0 Å². The summed E-state index contributed by atoms with van der Waals surface area (Å²) in [5.41, 5.74) is 0. The van der Waals surface area contributed by atoms with E-state index in [1.807, 2.05) is 0 Å². The van der Waals surface area contributed by atoms with Crippen LogP contribution in [0.3, 0.4) is 0 Å². The minimum Gasteiger partial charge on any atom is -0.303 e. The molecule has 0 unspecified atom stereocenters. The molecule has 0 amide bonds. The maximum Gasteiger partial charge on any atom is 0.418 e. The van der Waals surface area contributed by atoms with Crippen LogP contribution in [0.1, 0.15) is 119 Å². The molecule has 0 saturated heterocycles. The van der Waals surface area contributed by atoms with Crippen LogP contribution in [0.4, 0.5) is 0 Å². The molecule has 7 heteroatoms. The summed E-state index contributed by atoms with van der Waals surface area (Å²) < 4.78 is 43.2. The zero-order valence-electron chi connectivity index (χ0n) is 22.6. The van der Waals surface area contributed by atoms with Gasteiger partial charge < -0.3 is 28.4 Å². The average Bonchev–Trinajstić information content (AvgIpc) is 2.80. The van der Waals surface area contributed by atoms with Gasteiger partial charge in [-0.15, -0.1) is 0 Å². The smallest absolute Gasteiger partial charge is 0.303 e. The molecule has 0 rings (SSSR count). The second kappa shape index (κ2) is 22.2. The van der Waals surface area contributed by atoms with Gasteiger partial charge >= 0.3 is 12.3 Å². The van der Waals surface area contributed by atoms with E-state index in [1.54, 1.807) is 0 Å². The largest absolute Gasteiger partial charge is 0.418 e. The summed E-state index contributed by atoms with van der Waals surface area (Å²) in [5, 5.41) is 0. The van der Waals surface area contributed by atoms with Crippen LogP contribution in [0.15, 0.2) is 0 Å². The number of ether oxygens (including phenoxy) is 7. The molecule has 0 radical (unpaired) electrons. The highest BCUT2D eigenvalue weighted by atomic mass is 17.1. The van der Waals surface area contributed by atoms with E-state index in [9.17, 15) is 0 Å². The molecule has 0 saturated carbocycles. The molecular weight excluding hydrogens is 424 g/mol. The van der Waals surface area contributed by atoms with Crippen LogP contribution in [0.25, 0.3) is 0 Å². The number of hydrogen-bond donors (Lipinski definition) is 0. The molecule has 0 aliphatic heterocycles. The molecule has 200 valence electrons. The van der Waals surface area contributed by atoms with Gasteiger partial charge in [0.05, 0.1) is 39.6 Å². The van der Waals surface area contributed by atoms with Crippen molar-refractivity contribution in [1.82, 2.24) is 0 Å². The second-order valence-corrected chi connectivity index (χ2v) is 8.31. The Morgan fingerprint density at radius 3 is 0.667 bits per heavy atom. The summed E-state index contributed by atoms with van der Waals surface area (Å²) in [6.07, 6.45) is 7.56. The van der Waals surface area contributed by atoms with Gasteiger partial charge in [-0.3, -0.25) is 0 Å². The maximum atomic E-state index is 6.37. The molecule has 7 nitrogen and oxygen atoms in total. The Bertz CT molecular complexity index is 317. The van der Waals surface area contributed by atoms with Crippen LogP contribution >= 0.6 is 0 Å². The van der Waals surface area contributed by atoms with E-state index in [2.05, 4.69) is 41.5 Å². The third-order valence-electron chi connectivity index (χ3n) is 4.91. The van der Waals surface area contributed by atoms with Gasteiger partial charge in [-0.25, -0.2) is 4.74 Å². The van der Waals surface area contributed by atoms with Gasteiger partial charge in [-0.05, 0) is 38.5 Å².